The fraction of sp³-hybridized carbons (Fsp3) is 0.552. The summed E-state index contributed by atoms with van der Waals surface area (Å²) in [6.07, 6.45) is 19.8. The van der Waals surface area contributed by atoms with Crippen LogP contribution in [0.4, 0.5) is 0 Å². The molecule has 6 heteroatoms. The number of carbonyl (C=O) groups excluding carboxylic acids is 2. The molecule has 2 heterocycles. The summed E-state index contributed by atoms with van der Waals surface area (Å²) < 4.78 is 0. The average molecular weight is 501 g/mol. The number of hydrogen-bond donors (Lipinski definition) is 2. The number of nitrogens with one attached hydrogen (secondary N) is 1. The molecule has 0 saturated carbocycles. The zero-order valence-corrected chi connectivity index (χ0v) is 23.3. The number of allylic oxidation sites excluding steroid dienone is 4. The molecule has 1 aromatic heterocycles. The zero-order chi connectivity index (χ0) is 27.0. The monoisotopic (exact) mass is 500 g/mol. The average Bonchev–Trinajstić information content (AvgIpc) is 3.22. The summed E-state index contributed by atoms with van der Waals surface area (Å²) in [6.45, 7) is 14.1. The molecule has 0 radical (unpaired) electrons. The van der Waals surface area contributed by atoms with Crippen LogP contribution >= 0.6 is 11.3 Å². The van der Waals surface area contributed by atoms with Crippen molar-refractivity contribution in [3.8, 4) is 12.8 Å². The summed E-state index contributed by atoms with van der Waals surface area (Å²) in [7, 11) is 0. The van der Waals surface area contributed by atoms with Gasteiger partial charge in [0.25, 0.3) is 0 Å². The molecule has 0 aliphatic carbocycles. The van der Waals surface area contributed by atoms with Gasteiger partial charge in [0, 0.05) is 17.8 Å². The molecule has 194 valence electrons. The molecular weight excluding hydrogens is 456 g/mol. The Bertz CT molecular complexity index is 893. The van der Waals surface area contributed by atoms with Gasteiger partial charge in [0.15, 0.2) is 0 Å². The van der Waals surface area contributed by atoms with Gasteiger partial charge in [0.1, 0.15) is 5.78 Å². The summed E-state index contributed by atoms with van der Waals surface area (Å²) in [4.78, 5) is 29.0. The van der Waals surface area contributed by atoms with Crippen LogP contribution < -0.4 is 5.32 Å². The van der Waals surface area contributed by atoms with Crippen molar-refractivity contribution in [2.24, 2.45) is 17.3 Å². The number of terminal acetylenes is 1. The summed E-state index contributed by atoms with van der Waals surface area (Å²) >= 11 is 1.68. The Labute approximate surface area is 216 Å². The molecule has 35 heavy (non-hydrogen) atoms. The highest BCUT2D eigenvalue weighted by Gasteiger charge is 2.39. The smallest absolute Gasteiger partial charge is 0.222 e. The highest BCUT2D eigenvalue weighted by molar-refractivity contribution is 7.09. The van der Waals surface area contributed by atoms with Crippen LogP contribution in [0.25, 0.3) is 6.08 Å². The normalized spacial score (nSPS) is 26.2. The molecule has 3 atom stereocenters. The number of amides is 1. The number of nitrogens with zero attached hydrogens (tertiary/aromatic N) is 1. The Balaban J connectivity index is 0.000000870. The molecule has 1 aliphatic rings. The van der Waals surface area contributed by atoms with Crippen LogP contribution in [0, 0.1) is 37.0 Å². The number of aliphatic hydroxyl groups excluding tert-OH is 1. The van der Waals surface area contributed by atoms with Crippen LogP contribution in [0.2, 0.25) is 0 Å². The van der Waals surface area contributed by atoms with E-state index in [1.165, 1.54) is 5.57 Å². The molecule has 3 unspecified atom stereocenters. The Hall–Kier alpha value is -2.49. The van der Waals surface area contributed by atoms with Crippen LogP contribution in [-0.2, 0) is 9.59 Å². The van der Waals surface area contributed by atoms with Gasteiger partial charge in [-0.05, 0) is 52.0 Å². The zero-order valence-electron chi connectivity index (χ0n) is 22.5. The highest BCUT2D eigenvalue weighted by atomic mass is 32.1. The van der Waals surface area contributed by atoms with E-state index in [-0.39, 0.29) is 24.0 Å². The Morgan fingerprint density at radius 3 is 2.46 bits per heavy atom. The van der Waals surface area contributed by atoms with Crippen molar-refractivity contribution < 1.29 is 14.7 Å². The van der Waals surface area contributed by atoms with E-state index in [2.05, 4.69) is 53.7 Å². The molecule has 1 aromatic rings. The van der Waals surface area contributed by atoms with Crippen LogP contribution in [-0.4, -0.2) is 34.4 Å². The number of carbonyl (C=O) groups is 2. The van der Waals surface area contributed by atoms with E-state index in [0.717, 1.165) is 30.0 Å². The first kappa shape index (κ1) is 32.5. The van der Waals surface area contributed by atoms with Crippen LogP contribution in [0.1, 0.15) is 77.9 Å². The third kappa shape index (κ3) is 12.7. The number of aryl methyl sites for hydroxylation is 1. The lowest BCUT2D eigenvalue weighted by molar-refractivity contribution is -0.139. The van der Waals surface area contributed by atoms with Gasteiger partial charge in [0.05, 0.1) is 28.6 Å². The fourth-order valence-electron chi connectivity index (χ4n) is 3.80. The van der Waals surface area contributed by atoms with Crippen molar-refractivity contribution in [1.82, 2.24) is 10.3 Å². The molecule has 2 N–H and O–H groups in total. The van der Waals surface area contributed by atoms with E-state index in [9.17, 15) is 14.7 Å². The SMILES string of the molecule is C#C.C/C=C\c1csc(C)n1.CC1=C/CCNC(=O)CC(O)C(C)(C)C(=O)C(C)CC(C)C\C=C\1. The van der Waals surface area contributed by atoms with E-state index in [4.69, 9.17) is 0 Å². The third-order valence-corrected chi connectivity index (χ3v) is 6.67. The fourth-order valence-corrected chi connectivity index (χ4v) is 4.38. The molecule has 1 aliphatic heterocycles. The van der Waals surface area contributed by atoms with Crippen molar-refractivity contribution in [2.75, 3.05) is 6.54 Å². The predicted molar refractivity (Wildman–Crippen MR) is 149 cm³/mol. The topological polar surface area (TPSA) is 79.3 Å². The van der Waals surface area contributed by atoms with Gasteiger partial charge in [-0.15, -0.1) is 24.2 Å². The quantitative estimate of drug-likeness (QED) is 0.454. The van der Waals surface area contributed by atoms with Gasteiger partial charge in [0.2, 0.25) is 5.91 Å². The number of Topliss-reactive ketones (excluding diaryl/α,β-unsaturated/α-hetero) is 1. The molecule has 1 amide bonds. The Morgan fingerprint density at radius 1 is 1.23 bits per heavy atom. The predicted octanol–water partition coefficient (Wildman–Crippen LogP) is 6.14. The number of thiazole rings is 1. The molecular formula is C29H44N2O3S. The van der Waals surface area contributed by atoms with Crippen molar-refractivity contribution >= 4 is 29.1 Å². The van der Waals surface area contributed by atoms with Gasteiger partial charge in [-0.1, -0.05) is 57.6 Å². The number of rotatable bonds is 1. The van der Waals surface area contributed by atoms with Gasteiger partial charge in [-0.3, -0.25) is 9.59 Å². The Morgan fingerprint density at radius 2 is 1.89 bits per heavy atom. The number of ketones is 1. The van der Waals surface area contributed by atoms with Gasteiger partial charge in [-0.2, -0.15) is 0 Å². The van der Waals surface area contributed by atoms with Gasteiger partial charge >= 0.3 is 0 Å². The van der Waals surface area contributed by atoms with Gasteiger partial charge < -0.3 is 10.4 Å². The van der Waals surface area contributed by atoms with Crippen LogP contribution in [0.15, 0.2) is 35.3 Å². The molecule has 0 spiro atoms. The summed E-state index contributed by atoms with van der Waals surface area (Å²) in [5, 5.41) is 16.4. The van der Waals surface area contributed by atoms with Crippen LogP contribution in [0.5, 0.6) is 0 Å². The van der Waals surface area contributed by atoms with Gasteiger partial charge in [-0.25, -0.2) is 4.98 Å². The van der Waals surface area contributed by atoms with E-state index < -0.39 is 11.5 Å². The van der Waals surface area contributed by atoms with E-state index >= 15 is 0 Å². The lowest BCUT2D eigenvalue weighted by Gasteiger charge is -2.32. The Kier molecular flexibility index (Phi) is 15.8. The minimum atomic E-state index is -0.965. The molecule has 0 fully saturated rings. The minimum Gasteiger partial charge on any atom is -0.392 e. The highest BCUT2D eigenvalue weighted by Crippen LogP contribution is 2.31. The first-order valence-electron chi connectivity index (χ1n) is 12.2. The van der Waals surface area contributed by atoms with Crippen molar-refractivity contribution in [1.29, 1.82) is 0 Å². The second-order valence-electron chi connectivity index (χ2n) is 9.56. The first-order chi connectivity index (χ1) is 16.5. The van der Waals surface area contributed by atoms with E-state index in [1.807, 2.05) is 39.8 Å². The van der Waals surface area contributed by atoms with Crippen molar-refractivity contribution in [3.63, 3.8) is 0 Å². The molecule has 5 nitrogen and oxygen atoms in total. The summed E-state index contributed by atoms with van der Waals surface area (Å²) in [5.41, 5.74) is 1.33. The summed E-state index contributed by atoms with van der Waals surface area (Å²) in [5.74, 6) is 0.0858. The molecule has 0 saturated heterocycles. The van der Waals surface area contributed by atoms with Crippen molar-refractivity contribution in [2.45, 2.75) is 80.3 Å². The number of aromatic nitrogens is 1. The van der Waals surface area contributed by atoms with Crippen molar-refractivity contribution in [3.05, 3.63) is 46.0 Å². The molecule has 0 bridgehead atoms. The second kappa shape index (κ2) is 17.0. The van der Waals surface area contributed by atoms with E-state index in [0.29, 0.717) is 12.5 Å². The molecule has 2 rings (SSSR count). The summed E-state index contributed by atoms with van der Waals surface area (Å²) in [6, 6.07) is 0. The maximum absolute atomic E-state index is 12.8. The second-order valence-corrected chi connectivity index (χ2v) is 10.6. The first-order valence-corrected chi connectivity index (χ1v) is 13.1. The lowest BCUT2D eigenvalue weighted by atomic mass is 9.74. The lowest BCUT2D eigenvalue weighted by Crippen LogP contribution is -2.43. The maximum Gasteiger partial charge on any atom is 0.222 e. The standard InChI is InChI=1S/C20H33NO3.C7H9NS.C2H2/c1-14-8-6-9-15(2)12-16(3)19(24)20(4,5)17(22)13-18(23)21-11-7-10-14;1-3-4-7-5-9-6(2)8-7;1-2/h6,8,10,15-17,22H,7,9,11-13H2,1-5H3,(H,21,23);3-5H,1-2H3;1-2H/b8-6+,14-10-;4-3-;. The van der Waals surface area contributed by atoms with Crippen LogP contribution in [0.3, 0.4) is 0 Å². The maximum atomic E-state index is 12.8. The van der Waals surface area contributed by atoms with E-state index in [1.54, 1.807) is 25.2 Å². The number of aliphatic hydroxyl groups is 1. The largest absolute Gasteiger partial charge is 0.392 e. The third-order valence-electron chi connectivity index (χ3n) is 5.88. The number of hydrogen-bond acceptors (Lipinski definition) is 5. The minimum absolute atomic E-state index is 0.0294. The molecule has 0 aromatic carbocycles.